The zero-order valence-electron chi connectivity index (χ0n) is 13.3. The third-order valence-corrected chi connectivity index (χ3v) is 5.18. The molecule has 1 aliphatic heterocycles. The van der Waals surface area contributed by atoms with E-state index in [-0.39, 0.29) is 24.2 Å². The van der Waals surface area contributed by atoms with Crippen LogP contribution in [0.4, 0.5) is 5.69 Å². The van der Waals surface area contributed by atoms with E-state index >= 15 is 0 Å². The summed E-state index contributed by atoms with van der Waals surface area (Å²) in [7, 11) is 1.90. The van der Waals surface area contributed by atoms with Crippen LogP contribution in [-0.4, -0.2) is 29.8 Å². The first-order chi connectivity index (χ1) is 10.6. The number of anilines is 1. The van der Waals surface area contributed by atoms with E-state index in [2.05, 4.69) is 12.2 Å². The molecule has 118 valence electrons. The minimum Gasteiger partial charge on any atom is -0.342 e. The van der Waals surface area contributed by atoms with E-state index in [9.17, 15) is 9.59 Å². The molecule has 2 amide bonds. The number of carbonyl (C=O) groups is 2. The molecule has 4 nitrogen and oxygen atoms in total. The van der Waals surface area contributed by atoms with E-state index in [0.717, 1.165) is 30.0 Å². The number of hydrogen-bond acceptors (Lipinski definition) is 2. The number of nitrogens with one attached hydrogen (secondary N) is 1. The fourth-order valence-corrected chi connectivity index (χ4v) is 3.69. The highest BCUT2D eigenvalue weighted by atomic mass is 16.2. The van der Waals surface area contributed by atoms with Gasteiger partial charge < -0.3 is 10.2 Å². The lowest BCUT2D eigenvalue weighted by Gasteiger charge is -2.36. The van der Waals surface area contributed by atoms with Gasteiger partial charge in [-0.25, -0.2) is 0 Å². The SMILES string of the molecule is CC1CCC(N(C)C(=O)C2CC(=O)Nc3ccccc32)CC1. The molecular weight excluding hydrogens is 276 g/mol. The van der Waals surface area contributed by atoms with Gasteiger partial charge in [0.15, 0.2) is 0 Å². The Morgan fingerprint density at radius 3 is 2.59 bits per heavy atom. The average Bonchev–Trinajstić information content (AvgIpc) is 2.53. The molecule has 1 heterocycles. The summed E-state index contributed by atoms with van der Waals surface area (Å²) in [6.07, 6.45) is 4.77. The van der Waals surface area contributed by atoms with Gasteiger partial charge in [0.2, 0.25) is 11.8 Å². The fraction of sp³-hybridized carbons (Fsp3) is 0.556. The Morgan fingerprint density at radius 2 is 1.86 bits per heavy atom. The van der Waals surface area contributed by atoms with Crippen LogP contribution < -0.4 is 5.32 Å². The smallest absolute Gasteiger partial charge is 0.230 e. The first-order valence-corrected chi connectivity index (χ1v) is 8.21. The normalized spacial score (nSPS) is 27.7. The number of fused-ring (bicyclic) bond motifs is 1. The predicted octanol–water partition coefficient (Wildman–Crippen LogP) is 3.15. The second kappa shape index (κ2) is 6.11. The molecular formula is C18H24N2O2. The van der Waals surface area contributed by atoms with Gasteiger partial charge in [-0.15, -0.1) is 0 Å². The molecule has 1 fully saturated rings. The zero-order valence-corrected chi connectivity index (χ0v) is 13.3. The van der Waals surface area contributed by atoms with Crippen LogP contribution in [0.25, 0.3) is 0 Å². The standard InChI is InChI=1S/C18H24N2O2/c1-12-7-9-13(10-8-12)20(2)18(22)15-11-17(21)19-16-6-4-3-5-14(15)16/h3-6,12-13,15H,7-11H2,1-2H3,(H,19,21). The number of likely N-dealkylation sites (N-methyl/N-ethyl adjacent to an activating group) is 1. The average molecular weight is 300 g/mol. The highest BCUT2D eigenvalue weighted by Gasteiger charge is 2.35. The van der Waals surface area contributed by atoms with E-state index in [0.29, 0.717) is 6.04 Å². The summed E-state index contributed by atoms with van der Waals surface area (Å²) in [4.78, 5) is 26.7. The van der Waals surface area contributed by atoms with Crippen LogP contribution in [0.5, 0.6) is 0 Å². The van der Waals surface area contributed by atoms with Gasteiger partial charge in [0.05, 0.1) is 5.92 Å². The van der Waals surface area contributed by atoms with Crippen molar-refractivity contribution in [3.8, 4) is 0 Å². The Morgan fingerprint density at radius 1 is 1.18 bits per heavy atom. The molecule has 3 rings (SSSR count). The highest BCUT2D eigenvalue weighted by molar-refractivity contribution is 6.01. The van der Waals surface area contributed by atoms with Gasteiger partial charge in [0.25, 0.3) is 0 Å². The number of para-hydroxylation sites is 1. The Hall–Kier alpha value is -1.84. The summed E-state index contributed by atoms with van der Waals surface area (Å²) in [5.41, 5.74) is 1.73. The van der Waals surface area contributed by atoms with Gasteiger partial charge >= 0.3 is 0 Å². The van der Waals surface area contributed by atoms with Crippen LogP contribution in [0, 0.1) is 5.92 Å². The largest absolute Gasteiger partial charge is 0.342 e. The minimum absolute atomic E-state index is 0.0669. The van der Waals surface area contributed by atoms with E-state index in [4.69, 9.17) is 0 Å². The lowest BCUT2D eigenvalue weighted by atomic mass is 9.85. The fourth-order valence-electron chi connectivity index (χ4n) is 3.69. The van der Waals surface area contributed by atoms with Crippen LogP contribution in [0.3, 0.4) is 0 Å². The number of nitrogens with zero attached hydrogens (tertiary/aromatic N) is 1. The van der Waals surface area contributed by atoms with Crippen molar-refractivity contribution in [2.75, 3.05) is 12.4 Å². The van der Waals surface area contributed by atoms with E-state index in [1.807, 2.05) is 36.2 Å². The number of hydrogen-bond donors (Lipinski definition) is 1. The predicted molar refractivity (Wildman–Crippen MR) is 86.6 cm³/mol. The molecule has 0 bridgehead atoms. The maximum Gasteiger partial charge on any atom is 0.230 e. The van der Waals surface area contributed by atoms with Gasteiger partial charge in [0, 0.05) is 25.2 Å². The van der Waals surface area contributed by atoms with Gasteiger partial charge in [-0.3, -0.25) is 9.59 Å². The van der Waals surface area contributed by atoms with Gasteiger partial charge in [-0.05, 0) is 43.2 Å². The van der Waals surface area contributed by atoms with Crippen LogP contribution >= 0.6 is 0 Å². The number of rotatable bonds is 2. The molecule has 22 heavy (non-hydrogen) atoms. The maximum atomic E-state index is 12.9. The molecule has 1 atom stereocenters. The molecule has 0 spiro atoms. The van der Waals surface area contributed by atoms with Crippen molar-refractivity contribution in [1.29, 1.82) is 0 Å². The molecule has 1 unspecified atom stereocenters. The summed E-state index contributed by atoms with van der Waals surface area (Å²) in [6, 6.07) is 7.96. The molecule has 4 heteroatoms. The third kappa shape index (κ3) is 2.87. The molecule has 1 aliphatic carbocycles. The van der Waals surface area contributed by atoms with E-state index in [1.165, 1.54) is 12.8 Å². The highest BCUT2D eigenvalue weighted by Crippen LogP contribution is 2.35. The second-order valence-electron chi connectivity index (χ2n) is 6.75. The molecule has 0 radical (unpaired) electrons. The summed E-state index contributed by atoms with van der Waals surface area (Å²) in [5.74, 6) is 0.444. The molecule has 1 N–H and O–H groups in total. The van der Waals surface area contributed by atoms with Crippen molar-refractivity contribution in [3.05, 3.63) is 29.8 Å². The Bertz CT molecular complexity index is 576. The van der Waals surface area contributed by atoms with Crippen molar-refractivity contribution in [2.45, 2.75) is 51.0 Å². The first kappa shape index (κ1) is 15.1. The van der Waals surface area contributed by atoms with Crippen molar-refractivity contribution < 1.29 is 9.59 Å². The molecule has 1 aromatic rings. The lowest BCUT2D eigenvalue weighted by molar-refractivity contribution is -0.136. The summed E-state index contributed by atoms with van der Waals surface area (Å²) in [6.45, 7) is 2.28. The molecule has 0 aromatic heterocycles. The van der Waals surface area contributed by atoms with Gasteiger partial charge in [-0.2, -0.15) is 0 Å². The first-order valence-electron chi connectivity index (χ1n) is 8.21. The lowest BCUT2D eigenvalue weighted by Crippen LogP contribution is -2.43. The van der Waals surface area contributed by atoms with Crippen molar-refractivity contribution >= 4 is 17.5 Å². The molecule has 0 saturated heterocycles. The van der Waals surface area contributed by atoms with Crippen LogP contribution in [0.1, 0.15) is 50.5 Å². The summed E-state index contributed by atoms with van der Waals surface area (Å²) >= 11 is 0. The van der Waals surface area contributed by atoms with Crippen LogP contribution in [0.2, 0.25) is 0 Å². The van der Waals surface area contributed by atoms with Crippen molar-refractivity contribution in [2.24, 2.45) is 5.92 Å². The van der Waals surface area contributed by atoms with Gasteiger partial charge in [0.1, 0.15) is 0 Å². The zero-order chi connectivity index (χ0) is 15.7. The summed E-state index contributed by atoms with van der Waals surface area (Å²) < 4.78 is 0. The molecule has 2 aliphatic rings. The quantitative estimate of drug-likeness (QED) is 0.912. The Kier molecular flexibility index (Phi) is 4.19. The van der Waals surface area contributed by atoms with Gasteiger partial charge in [-0.1, -0.05) is 25.1 Å². The van der Waals surface area contributed by atoms with Crippen molar-refractivity contribution in [1.82, 2.24) is 4.90 Å². The number of benzene rings is 1. The Labute approximate surface area is 131 Å². The second-order valence-corrected chi connectivity index (χ2v) is 6.75. The number of carbonyl (C=O) groups excluding carboxylic acids is 2. The third-order valence-electron chi connectivity index (χ3n) is 5.18. The van der Waals surface area contributed by atoms with E-state index < -0.39 is 0 Å². The van der Waals surface area contributed by atoms with E-state index in [1.54, 1.807) is 0 Å². The molecule has 1 saturated carbocycles. The minimum atomic E-state index is -0.339. The Balaban J connectivity index is 1.78. The molecule has 1 aromatic carbocycles. The topological polar surface area (TPSA) is 49.4 Å². The monoisotopic (exact) mass is 300 g/mol. The van der Waals surface area contributed by atoms with Crippen LogP contribution in [-0.2, 0) is 9.59 Å². The van der Waals surface area contributed by atoms with Crippen molar-refractivity contribution in [3.63, 3.8) is 0 Å². The maximum absolute atomic E-state index is 12.9. The van der Waals surface area contributed by atoms with Crippen LogP contribution in [0.15, 0.2) is 24.3 Å². The number of amides is 2. The summed E-state index contributed by atoms with van der Waals surface area (Å²) in [5, 5.41) is 2.86.